The van der Waals surface area contributed by atoms with Crippen LogP contribution in [0.15, 0.2) is 48.5 Å². The predicted octanol–water partition coefficient (Wildman–Crippen LogP) is 4.55. The number of rotatable bonds is 9. The van der Waals surface area contributed by atoms with Gasteiger partial charge < -0.3 is 15.0 Å². The van der Waals surface area contributed by atoms with E-state index < -0.39 is 0 Å². The molecular weight excluding hydrogens is 412 g/mol. The molecule has 0 atom stereocenters. The Bertz CT molecular complexity index is 844. The summed E-state index contributed by atoms with van der Waals surface area (Å²) in [5, 5.41) is 3.81. The molecule has 1 heterocycles. The van der Waals surface area contributed by atoms with Gasteiger partial charge in [0, 0.05) is 37.0 Å². The average Bonchev–Trinajstić information content (AvgIpc) is 2.78. The molecule has 0 unspecified atom stereocenters. The van der Waals surface area contributed by atoms with E-state index in [9.17, 15) is 9.59 Å². The summed E-state index contributed by atoms with van der Waals surface area (Å²) in [7, 11) is 0. The average molecular weight is 443 g/mol. The molecule has 3 rings (SSSR count). The van der Waals surface area contributed by atoms with Gasteiger partial charge in [-0.1, -0.05) is 41.4 Å². The number of nitrogens with zero attached hydrogens (tertiary/aromatic N) is 1. The number of piperidine rings is 1. The molecule has 166 valence electrons. The van der Waals surface area contributed by atoms with Crippen LogP contribution in [0.4, 0.5) is 0 Å². The zero-order valence-corrected chi connectivity index (χ0v) is 18.9. The standard InChI is InChI=1S/C25H31ClN2O3/c1-19-4-11-23(12-5-19)31-18-2-3-24(29)27-22-14-16-28(17-15-22)25(30)13-8-20-6-9-21(26)10-7-20/h4-7,9-12,22H,2-3,8,13-18H2,1H3,(H,27,29). The third-order valence-corrected chi connectivity index (χ3v) is 5.84. The number of amides is 2. The van der Waals surface area contributed by atoms with Crippen molar-refractivity contribution in [2.24, 2.45) is 0 Å². The van der Waals surface area contributed by atoms with Crippen molar-refractivity contribution < 1.29 is 14.3 Å². The first kappa shape index (κ1) is 23.1. The Hall–Kier alpha value is -2.53. The van der Waals surface area contributed by atoms with Crippen molar-refractivity contribution in [2.75, 3.05) is 19.7 Å². The molecule has 0 bridgehead atoms. The Morgan fingerprint density at radius 1 is 1.03 bits per heavy atom. The van der Waals surface area contributed by atoms with Gasteiger partial charge in [-0.3, -0.25) is 9.59 Å². The zero-order chi connectivity index (χ0) is 22.1. The Kier molecular flexibility index (Phi) is 8.77. The molecule has 0 spiro atoms. The van der Waals surface area contributed by atoms with Crippen LogP contribution < -0.4 is 10.1 Å². The van der Waals surface area contributed by atoms with Crippen molar-refractivity contribution in [3.8, 4) is 5.75 Å². The van der Waals surface area contributed by atoms with Crippen molar-refractivity contribution in [1.29, 1.82) is 0 Å². The minimum atomic E-state index is 0.0556. The Morgan fingerprint density at radius 3 is 2.39 bits per heavy atom. The summed E-state index contributed by atoms with van der Waals surface area (Å²) in [6, 6.07) is 15.7. The Balaban J connectivity index is 1.28. The molecular formula is C25H31ClN2O3. The number of ether oxygens (including phenoxy) is 1. The lowest BCUT2D eigenvalue weighted by atomic mass is 10.0. The first-order chi connectivity index (χ1) is 15.0. The summed E-state index contributed by atoms with van der Waals surface area (Å²) >= 11 is 5.90. The molecule has 1 aliphatic rings. The van der Waals surface area contributed by atoms with E-state index in [1.165, 1.54) is 5.56 Å². The molecule has 0 radical (unpaired) electrons. The molecule has 5 nitrogen and oxygen atoms in total. The van der Waals surface area contributed by atoms with Crippen LogP contribution in [0.3, 0.4) is 0 Å². The van der Waals surface area contributed by atoms with Crippen LogP contribution in [0, 0.1) is 6.92 Å². The fraction of sp³-hybridized carbons (Fsp3) is 0.440. The van der Waals surface area contributed by atoms with Crippen molar-refractivity contribution in [1.82, 2.24) is 10.2 Å². The van der Waals surface area contributed by atoms with Crippen LogP contribution in [0.25, 0.3) is 0 Å². The maximum atomic E-state index is 12.5. The molecule has 0 saturated carbocycles. The van der Waals surface area contributed by atoms with Gasteiger partial charge in [0.1, 0.15) is 5.75 Å². The predicted molar refractivity (Wildman–Crippen MR) is 123 cm³/mol. The number of benzene rings is 2. The fourth-order valence-electron chi connectivity index (χ4n) is 3.69. The molecule has 6 heteroatoms. The normalized spacial score (nSPS) is 14.3. The van der Waals surface area contributed by atoms with Gasteiger partial charge in [0.15, 0.2) is 0 Å². The van der Waals surface area contributed by atoms with Gasteiger partial charge in [0.05, 0.1) is 6.61 Å². The second-order valence-electron chi connectivity index (χ2n) is 8.11. The van der Waals surface area contributed by atoms with E-state index in [-0.39, 0.29) is 17.9 Å². The van der Waals surface area contributed by atoms with E-state index in [0.717, 1.165) is 30.6 Å². The van der Waals surface area contributed by atoms with Gasteiger partial charge in [0.2, 0.25) is 11.8 Å². The lowest BCUT2D eigenvalue weighted by Crippen LogP contribution is -2.46. The number of aryl methyl sites for hydroxylation is 2. The minimum Gasteiger partial charge on any atom is -0.494 e. The van der Waals surface area contributed by atoms with E-state index in [1.807, 2.05) is 60.4 Å². The molecule has 2 aromatic rings. The highest BCUT2D eigenvalue weighted by Crippen LogP contribution is 2.15. The second-order valence-corrected chi connectivity index (χ2v) is 8.55. The first-order valence-corrected chi connectivity index (χ1v) is 11.4. The summed E-state index contributed by atoms with van der Waals surface area (Å²) in [5.41, 5.74) is 2.31. The molecule has 1 saturated heterocycles. The third kappa shape index (κ3) is 7.91. The summed E-state index contributed by atoms with van der Waals surface area (Å²) < 4.78 is 5.67. The van der Waals surface area contributed by atoms with Crippen molar-refractivity contribution in [2.45, 2.75) is 51.5 Å². The second kappa shape index (κ2) is 11.8. The van der Waals surface area contributed by atoms with Gasteiger partial charge >= 0.3 is 0 Å². The van der Waals surface area contributed by atoms with Crippen LogP contribution in [-0.4, -0.2) is 42.5 Å². The molecule has 1 aliphatic heterocycles. The number of likely N-dealkylation sites (tertiary alicyclic amines) is 1. The monoisotopic (exact) mass is 442 g/mol. The molecule has 0 aromatic heterocycles. The maximum absolute atomic E-state index is 12.5. The van der Waals surface area contributed by atoms with E-state index in [1.54, 1.807) is 0 Å². The van der Waals surface area contributed by atoms with Crippen LogP contribution in [-0.2, 0) is 16.0 Å². The van der Waals surface area contributed by atoms with Crippen LogP contribution >= 0.6 is 11.6 Å². The Morgan fingerprint density at radius 2 is 1.71 bits per heavy atom. The fourth-order valence-corrected chi connectivity index (χ4v) is 3.82. The maximum Gasteiger partial charge on any atom is 0.222 e. The van der Waals surface area contributed by atoms with Crippen molar-refractivity contribution in [3.05, 3.63) is 64.7 Å². The largest absolute Gasteiger partial charge is 0.494 e. The molecule has 31 heavy (non-hydrogen) atoms. The van der Waals surface area contributed by atoms with E-state index in [0.29, 0.717) is 44.0 Å². The van der Waals surface area contributed by atoms with Crippen LogP contribution in [0.5, 0.6) is 5.75 Å². The number of carbonyl (C=O) groups is 2. The van der Waals surface area contributed by atoms with Gasteiger partial charge in [0.25, 0.3) is 0 Å². The Labute approximate surface area is 189 Å². The quantitative estimate of drug-likeness (QED) is 0.579. The molecule has 1 N–H and O–H groups in total. The minimum absolute atomic E-state index is 0.0556. The summed E-state index contributed by atoms with van der Waals surface area (Å²) in [6.45, 7) is 3.95. The van der Waals surface area contributed by atoms with Crippen LogP contribution in [0.2, 0.25) is 5.02 Å². The van der Waals surface area contributed by atoms with Crippen molar-refractivity contribution in [3.63, 3.8) is 0 Å². The highest BCUT2D eigenvalue weighted by Gasteiger charge is 2.23. The lowest BCUT2D eigenvalue weighted by Gasteiger charge is -2.32. The summed E-state index contributed by atoms with van der Waals surface area (Å²) in [5.74, 6) is 1.06. The highest BCUT2D eigenvalue weighted by atomic mass is 35.5. The van der Waals surface area contributed by atoms with E-state index >= 15 is 0 Å². The van der Waals surface area contributed by atoms with E-state index in [2.05, 4.69) is 5.32 Å². The van der Waals surface area contributed by atoms with Gasteiger partial charge in [-0.2, -0.15) is 0 Å². The third-order valence-electron chi connectivity index (χ3n) is 5.59. The summed E-state index contributed by atoms with van der Waals surface area (Å²) in [6.07, 6.45) is 3.96. The van der Waals surface area contributed by atoms with Gasteiger partial charge in [-0.25, -0.2) is 0 Å². The smallest absolute Gasteiger partial charge is 0.222 e. The molecule has 2 aromatic carbocycles. The number of hydrogen-bond acceptors (Lipinski definition) is 3. The first-order valence-electron chi connectivity index (χ1n) is 11.0. The molecule has 1 fully saturated rings. The number of carbonyl (C=O) groups excluding carboxylic acids is 2. The van der Waals surface area contributed by atoms with Crippen molar-refractivity contribution >= 4 is 23.4 Å². The zero-order valence-electron chi connectivity index (χ0n) is 18.1. The van der Waals surface area contributed by atoms with Gasteiger partial charge in [-0.05, 0) is 62.4 Å². The van der Waals surface area contributed by atoms with E-state index in [4.69, 9.17) is 16.3 Å². The number of halogens is 1. The SMILES string of the molecule is Cc1ccc(OCCCC(=O)NC2CCN(C(=O)CCc3ccc(Cl)cc3)CC2)cc1. The number of hydrogen-bond donors (Lipinski definition) is 1. The highest BCUT2D eigenvalue weighted by molar-refractivity contribution is 6.30. The van der Waals surface area contributed by atoms with Gasteiger partial charge in [-0.15, -0.1) is 0 Å². The lowest BCUT2D eigenvalue weighted by molar-refractivity contribution is -0.132. The molecule has 2 amide bonds. The summed E-state index contributed by atoms with van der Waals surface area (Å²) in [4.78, 5) is 26.6. The topological polar surface area (TPSA) is 58.6 Å². The number of nitrogens with one attached hydrogen (secondary N) is 1. The van der Waals surface area contributed by atoms with Crippen LogP contribution in [0.1, 0.15) is 43.2 Å². The molecule has 0 aliphatic carbocycles.